The molecule has 3 rings (SSSR count). The summed E-state index contributed by atoms with van der Waals surface area (Å²) in [6.45, 7) is 6.05. The van der Waals surface area contributed by atoms with Gasteiger partial charge in [-0.05, 0) is 35.1 Å². The third-order valence-electron chi connectivity index (χ3n) is 3.59. The minimum Gasteiger partial charge on any atom is -0.327 e. The van der Waals surface area contributed by atoms with Crippen LogP contribution in [0.1, 0.15) is 30.1 Å². The van der Waals surface area contributed by atoms with Crippen LogP contribution >= 0.6 is 11.3 Å². The zero-order chi connectivity index (χ0) is 14.8. The lowest BCUT2D eigenvalue weighted by atomic mass is 10.2. The second kappa shape index (κ2) is 6.00. The average molecular weight is 299 g/mol. The van der Waals surface area contributed by atoms with E-state index in [1.54, 1.807) is 11.3 Å². The Labute approximate surface area is 129 Å². The monoisotopic (exact) mass is 299 g/mol. The van der Waals surface area contributed by atoms with Crippen molar-refractivity contribution in [3.63, 3.8) is 0 Å². The Bertz CT molecular complexity index is 726. The Morgan fingerprint density at radius 2 is 2.14 bits per heavy atom. The first-order valence-corrected chi connectivity index (χ1v) is 8.26. The molecule has 2 N–H and O–H groups in total. The molecule has 0 spiro atoms. The van der Waals surface area contributed by atoms with E-state index in [-0.39, 0.29) is 0 Å². The third-order valence-corrected chi connectivity index (χ3v) is 4.46. The molecule has 1 aromatic carbocycles. The summed E-state index contributed by atoms with van der Waals surface area (Å²) in [5, 5.41) is 2.12. The fourth-order valence-corrected chi connectivity index (χ4v) is 3.33. The van der Waals surface area contributed by atoms with Gasteiger partial charge in [0.25, 0.3) is 0 Å². The molecule has 3 nitrogen and oxygen atoms in total. The molecule has 0 saturated carbocycles. The number of hydrogen-bond donors (Lipinski definition) is 1. The van der Waals surface area contributed by atoms with Crippen LogP contribution in [-0.4, -0.2) is 9.55 Å². The largest absolute Gasteiger partial charge is 0.327 e. The zero-order valence-electron chi connectivity index (χ0n) is 12.5. The number of imidazole rings is 1. The Morgan fingerprint density at radius 1 is 1.29 bits per heavy atom. The lowest BCUT2D eigenvalue weighted by molar-refractivity contribution is 0.520. The Kier molecular flexibility index (Phi) is 4.08. The maximum absolute atomic E-state index is 5.74. The Hall–Kier alpha value is -1.65. The van der Waals surface area contributed by atoms with Gasteiger partial charge in [-0.15, -0.1) is 11.3 Å². The highest BCUT2D eigenvalue weighted by atomic mass is 32.1. The summed E-state index contributed by atoms with van der Waals surface area (Å²) < 4.78 is 2.36. The van der Waals surface area contributed by atoms with Crippen LogP contribution in [0.25, 0.3) is 11.0 Å². The fraction of sp³-hybridized carbons (Fsp3) is 0.353. The molecule has 0 bridgehead atoms. The number of nitrogens with zero attached hydrogens (tertiary/aromatic N) is 2. The number of benzene rings is 1. The second-order valence-corrected chi connectivity index (χ2v) is 6.85. The van der Waals surface area contributed by atoms with E-state index in [4.69, 9.17) is 10.7 Å². The van der Waals surface area contributed by atoms with Crippen LogP contribution in [0.15, 0.2) is 35.7 Å². The highest BCUT2D eigenvalue weighted by molar-refractivity contribution is 7.09. The highest BCUT2D eigenvalue weighted by Gasteiger charge is 2.13. The van der Waals surface area contributed by atoms with E-state index in [0.717, 1.165) is 29.9 Å². The van der Waals surface area contributed by atoms with Crippen LogP contribution in [0.5, 0.6) is 0 Å². The summed E-state index contributed by atoms with van der Waals surface area (Å²) in [5.41, 5.74) is 9.16. The molecule has 0 aliphatic carbocycles. The van der Waals surface area contributed by atoms with Crippen LogP contribution in [0, 0.1) is 5.92 Å². The quantitative estimate of drug-likeness (QED) is 0.778. The third kappa shape index (κ3) is 3.01. The molecule has 0 amide bonds. The van der Waals surface area contributed by atoms with Gasteiger partial charge < -0.3 is 10.3 Å². The fourth-order valence-electron chi connectivity index (χ4n) is 2.63. The molecule has 2 aromatic heterocycles. The molecule has 21 heavy (non-hydrogen) atoms. The summed E-state index contributed by atoms with van der Waals surface area (Å²) in [6.07, 6.45) is 0.900. The van der Waals surface area contributed by atoms with Gasteiger partial charge in [-0.3, -0.25) is 0 Å². The van der Waals surface area contributed by atoms with Crippen molar-refractivity contribution in [1.82, 2.24) is 9.55 Å². The van der Waals surface area contributed by atoms with Gasteiger partial charge in [0.2, 0.25) is 0 Å². The van der Waals surface area contributed by atoms with E-state index in [1.165, 1.54) is 10.4 Å². The van der Waals surface area contributed by atoms with Crippen molar-refractivity contribution in [3.8, 4) is 0 Å². The molecule has 3 aromatic rings. The van der Waals surface area contributed by atoms with Gasteiger partial charge in [-0.25, -0.2) is 4.98 Å². The summed E-state index contributed by atoms with van der Waals surface area (Å²) >= 11 is 1.79. The molecule has 0 aliphatic heterocycles. The SMILES string of the molecule is CC(C)Cn1c(Cc2cccs2)nc2cc(CN)ccc21. The van der Waals surface area contributed by atoms with Crippen LogP contribution in [-0.2, 0) is 19.5 Å². The molecule has 110 valence electrons. The number of aromatic nitrogens is 2. The van der Waals surface area contributed by atoms with Crippen molar-refractivity contribution in [2.24, 2.45) is 11.7 Å². The van der Waals surface area contributed by atoms with Gasteiger partial charge >= 0.3 is 0 Å². The topological polar surface area (TPSA) is 43.8 Å². The molecule has 4 heteroatoms. The van der Waals surface area contributed by atoms with Gasteiger partial charge in [0.1, 0.15) is 5.82 Å². The van der Waals surface area contributed by atoms with Crippen molar-refractivity contribution < 1.29 is 0 Å². The zero-order valence-corrected chi connectivity index (χ0v) is 13.4. The maximum Gasteiger partial charge on any atom is 0.115 e. The van der Waals surface area contributed by atoms with Crippen molar-refractivity contribution in [2.75, 3.05) is 0 Å². The summed E-state index contributed by atoms with van der Waals surface area (Å²) in [6, 6.07) is 10.7. The molecular formula is C17H21N3S. The predicted molar refractivity (Wildman–Crippen MR) is 89.6 cm³/mol. The van der Waals surface area contributed by atoms with Crippen molar-refractivity contribution in [1.29, 1.82) is 0 Å². The minimum absolute atomic E-state index is 0.563. The Balaban J connectivity index is 2.07. The first kappa shape index (κ1) is 14.3. The summed E-state index contributed by atoms with van der Waals surface area (Å²) in [4.78, 5) is 6.22. The molecule has 0 radical (unpaired) electrons. The van der Waals surface area contributed by atoms with Gasteiger partial charge in [0.05, 0.1) is 11.0 Å². The minimum atomic E-state index is 0.563. The van der Waals surface area contributed by atoms with Crippen molar-refractivity contribution in [2.45, 2.75) is 33.4 Å². The first-order chi connectivity index (χ1) is 10.2. The van der Waals surface area contributed by atoms with Gasteiger partial charge in [0.15, 0.2) is 0 Å². The smallest absolute Gasteiger partial charge is 0.115 e. The van der Waals surface area contributed by atoms with Crippen LogP contribution in [0.4, 0.5) is 0 Å². The number of thiophene rings is 1. The van der Waals surface area contributed by atoms with E-state index in [9.17, 15) is 0 Å². The molecule has 0 saturated heterocycles. The van der Waals surface area contributed by atoms with Crippen LogP contribution in [0.2, 0.25) is 0 Å². The van der Waals surface area contributed by atoms with Gasteiger partial charge in [0, 0.05) is 24.4 Å². The number of rotatable bonds is 5. The van der Waals surface area contributed by atoms with E-state index in [2.05, 4.69) is 54.1 Å². The highest BCUT2D eigenvalue weighted by Crippen LogP contribution is 2.22. The lowest BCUT2D eigenvalue weighted by Gasteiger charge is -2.11. The van der Waals surface area contributed by atoms with Gasteiger partial charge in [-0.2, -0.15) is 0 Å². The lowest BCUT2D eigenvalue weighted by Crippen LogP contribution is -2.08. The summed E-state index contributed by atoms with van der Waals surface area (Å²) in [5.74, 6) is 1.74. The molecule has 2 heterocycles. The van der Waals surface area contributed by atoms with Crippen molar-refractivity contribution >= 4 is 22.4 Å². The standard InChI is InChI=1S/C17H21N3S/c1-12(2)11-20-16-6-5-13(10-18)8-15(16)19-17(20)9-14-4-3-7-21-14/h3-8,12H,9-11,18H2,1-2H3. The molecule has 0 aliphatic rings. The normalized spacial score (nSPS) is 11.6. The van der Waals surface area contributed by atoms with Gasteiger partial charge in [-0.1, -0.05) is 26.0 Å². The number of nitrogens with two attached hydrogens (primary N) is 1. The number of hydrogen-bond acceptors (Lipinski definition) is 3. The second-order valence-electron chi connectivity index (χ2n) is 5.82. The maximum atomic E-state index is 5.74. The van der Waals surface area contributed by atoms with E-state index < -0.39 is 0 Å². The van der Waals surface area contributed by atoms with E-state index >= 15 is 0 Å². The van der Waals surface area contributed by atoms with E-state index in [1.807, 2.05) is 0 Å². The van der Waals surface area contributed by atoms with Crippen LogP contribution in [0.3, 0.4) is 0 Å². The van der Waals surface area contributed by atoms with Crippen LogP contribution < -0.4 is 5.73 Å². The molecule has 0 unspecified atom stereocenters. The van der Waals surface area contributed by atoms with Crippen molar-refractivity contribution in [3.05, 3.63) is 52.0 Å². The molecular weight excluding hydrogens is 278 g/mol. The first-order valence-electron chi connectivity index (χ1n) is 7.38. The number of fused-ring (bicyclic) bond motifs is 1. The predicted octanol–water partition coefficient (Wildman–Crippen LogP) is 3.80. The Morgan fingerprint density at radius 3 is 2.81 bits per heavy atom. The summed E-state index contributed by atoms with van der Waals surface area (Å²) in [7, 11) is 0. The molecule has 0 atom stereocenters. The van der Waals surface area contributed by atoms with E-state index in [0.29, 0.717) is 12.5 Å². The average Bonchev–Trinajstić information content (AvgIpc) is 3.07. The molecule has 0 fully saturated rings.